The molecule has 1 amide bonds. The molecule has 0 saturated heterocycles. The summed E-state index contributed by atoms with van der Waals surface area (Å²) in [4.78, 5) is 11.2. The Kier molecular flexibility index (Phi) is 2.84. The SMILES string of the molecule is CC1=NNC(=O)C1CCC(C)C. The molecular formula is C9H16N2O. The molecule has 68 valence electrons. The topological polar surface area (TPSA) is 41.5 Å². The van der Waals surface area contributed by atoms with Gasteiger partial charge in [-0.25, -0.2) is 5.43 Å². The van der Waals surface area contributed by atoms with Crippen molar-refractivity contribution in [2.45, 2.75) is 33.6 Å². The molecule has 1 atom stereocenters. The van der Waals surface area contributed by atoms with Crippen LogP contribution in [-0.2, 0) is 4.79 Å². The summed E-state index contributed by atoms with van der Waals surface area (Å²) in [5.41, 5.74) is 3.42. The average molecular weight is 168 g/mol. The smallest absolute Gasteiger partial charge is 0.248 e. The highest BCUT2D eigenvalue weighted by atomic mass is 16.2. The van der Waals surface area contributed by atoms with E-state index in [1.807, 2.05) is 6.92 Å². The molecule has 0 fully saturated rings. The lowest BCUT2D eigenvalue weighted by molar-refractivity contribution is -0.122. The minimum absolute atomic E-state index is 0.0346. The van der Waals surface area contributed by atoms with E-state index in [9.17, 15) is 4.79 Å². The van der Waals surface area contributed by atoms with Gasteiger partial charge in [0.25, 0.3) is 0 Å². The van der Waals surface area contributed by atoms with Crippen molar-refractivity contribution in [2.24, 2.45) is 16.9 Å². The molecule has 0 saturated carbocycles. The average Bonchev–Trinajstić information content (AvgIpc) is 2.28. The van der Waals surface area contributed by atoms with Crippen LogP contribution in [0.5, 0.6) is 0 Å². The van der Waals surface area contributed by atoms with E-state index in [2.05, 4.69) is 24.4 Å². The molecule has 1 aliphatic rings. The summed E-state index contributed by atoms with van der Waals surface area (Å²) in [7, 11) is 0. The Morgan fingerprint density at radius 1 is 1.58 bits per heavy atom. The van der Waals surface area contributed by atoms with Crippen LogP contribution in [0, 0.1) is 11.8 Å². The number of carbonyl (C=O) groups is 1. The highest BCUT2D eigenvalue weighted by Crippen LogP contribution is 2.16. The van der Waals surface area contributed by atoms with Crippen molar-refractivity contribution >= 4 is 11.6 Å². The van der Waals surface area contributed by atoms with Crippen molar-refractivity contribution in [1.82, 2.24) is 5.43 Å². The lowest BCUT2D eigenvalue weighted by Crippen LogP contribution is -2.22. The van der Waals surface area contributed by atoms with Gasteiger partial charge in [0.1, 0.15) is 0 Å². The van der Waals surface area contributed by atoms with Gasteiger partial charge < -0.3 is 0 Å². The van der Waals surface area contributed by atoms with Crippen LogP contribution in [0.1, 0.15) is 33.6 Å². The van der Waals surface area contributed by atoms with Crippen molar-refractivity contribution in [2.75, 3.05) is 0 Å². The zero-order valence-corrected chi connectivity index (χ0v) is 7.92. The zero-order chi connectivity index (χ0) is 9.14. The van der Waals surface area contributed by atoms with Crippen LogP contribution in [0.15, 0.2) is 5.10 Å². The number of nitrogens with one attached hydrogen (secondary N) is 1. The number of hydrogen-bond donors (Lipinski definition) is 1. The molecule has 1 aliphatic heterocycles. The van der Waals surface area contributed by atoms with E-state index in [0.29, 0.717) is 5.92 Å². The summed E-state index contributed by atoms with van der Waals surface area (Å²) in [5.74, 6) is 0.756. The van der Waals surface area contributed by atoms with Crippen molar-refractivity contribution in [1.29, 1.82) is 0 Å². The normalized spacial score (nSPS) is 22.8. The number of carbonyl (C=O) groups excluding carboxylic acids is 1. The van der Waals surface area contributed by atoms with Crippen molar-refractivity contribution < 1.29 is 4.79 Å². The first-order valence-corrected chi connectivity index (χ1v) is 4.45. The van der Waals surface area contributed by atoms with Crippen molar-refractivity contribution in [3.8, 4) is 0 Å². The van der Waals surface area contributed by atoms with Crippen molar-refractivity contribution in [3.63, 3.8) is 0 Å². The highest BCUT2D eigenvalue weighted by molar-refractivity contribution is 6.06. The number of nitrogens with zero attached hydrogens (tertiary/aromatic N) is 1. The third kappa shape index (κ3) is 2.06. The maximum absolute atomic E-state index is 11.2. The molecule has 0 bridgehead atoms. The monoisotopic (exact) mass is 168 g/mol. The van der Waals surface area contributed by atoms with Gasteiger partial charge in [-0.15, -0.1) is 0 Å². The lowest BCUT2D eigenvalue weighted by Gasteiger charge is -2.08. The van der Waals surface area contributed by atoms with Crippen LogP contribution in [-0.4, -0.2) is 11.6 Å². The maximum Gasteiger partial charge on any atom is 0.248 e. The largest absolute Gasteiger partial charge is 0.272 e. The predicted octanol–water partition coefficient (Wildman–Crippen LogP) is 1.54. The molecule has 1 rings (SSSR count). The zero-order valence-electron chi connectivity index (χ0n) is 7.92. The van der Waals surface area contributed by atoms with Gasteiger partial charge in [0, 0.05) is 5.71 Å². The van der Waals surface area contributed by atoms with E-state index in [0.717, 1.165) is 18.6 Å². The van der Waals surface area contributed by atoms with Crippen molar-refractivity contribution in [3.05, 3.63) is 0 Å². The first kappa shape index (κ1) is 9.23. The molecule has 1 unspecified atom stereocenters. The van der Waals surface area contributed by atoms with E-state index in [1.54, 1.807) is 0 Å². The van der Waals surface area contributed by atoms with Crippen LogP contribution < -0.4 is 5.43 Å². The number of rotatable bonds is 3. The molecule has 0 spiro atoms. The van der Waals surface area contributed by atoms with Crippen LogP contribution in [0.25, 0.3) is 0 Å². The fourth-order valence-electron chi connectivity index (χ4n) is 1.33. The fourth-order valence-corrected chi connectivity index (χ4v) is 1.33. The fraction of sp³-hybridized carbons (Fsp3) is 0.778. The van der Waals surface area contributed by atoms with Gasteiger partial charge in [0.2, 0.25) is 5.91 Å². The van der Waals surface area contributed by atoms with Gasteiger partial charge in [-0.3, -0.25) is 4.79 Å². The minimum atomic E-state index is 0.0346. The van der Waals surface area contributed by atoms with Crippen LogP contribution >= 0.6 is 0 Å². The Morgan fingerprint density at radius 3 is 2.67 bits per heavy atom. The third-order valence-corrected chi connectivity index (χ3v) is 2.20. The maximum atomic E-state index is 11.2. The van der Waals surface area contributed by atoms with E-state index >= 15 is 0 Å². The lowest BCUT2D eigenvalue weighted by atomic mass is 9.95. The van der Waals surface area contributed by atoms with Gasteiger partial charge in [0.15, 0.2) is 0 Å². The van der Waals surface area contributed by atoms with Crippen LogP contribution in [0.4, 0.5) is 0 Å². The van der Waals surface area contributed by atoms with E-state index < -0.39 is 0 Å². The molecule has 0 aliphatic carbocycles. The Labute approximate surface area is 73.2 Å². The summed E-state index contributed by atoms with van der Waals surface area (Å²) in [6, 6.07) is 0. The quantitative estimate of drug-likeness (QED) is 0.682. The second kappa shape index (κ2) is 3.70. The van der Waals surface area contributed by atoms with Crippen LogP contribution in [0.2, 0.25) is 0 Å². The molecule has 0 aromatic heterocycles. The molecule has 1 N–H and O–H groups in total. The molecular weight excluding hydrogens is 152 g/mol. The first-order chi connectivity index (χ1) is 5.61. The van der Waals surface area contributed by atoms with Gasteiger partial charge in [-0.1, -0.05) is 13.8 Å². The van der Waals surface area contributed by atoms with Gasteiger partial charge in [-0.2, -0.15) is 5.10 Å². The Balaban J connectivity index is 2.41. The standard InChI is InChI=1S/C9H16N2O/c1-6(2)4-5-8-7(3)10-11-9(8)12/h6,8H,4-5H2,1-3H3,(H,11,12). The molecule has 12 heavy (non-hydrogen) atoms. The van der Waals surface area contributed by atoms with Crippen LogP contribution in [0.3, 0.4) is 0 Å². The summed E-state index contributed by atoms with van der Waals surface area (Å²) in [5, 5.41) is 3.89. The Hall–Kier alpha value is -0.860. The van der Waals surface area contributed by atoms with Gasteiger partial charge in [-0.05, 0) is 25.7 Å². The second-order valence-electron chi connectivity index (χ2n) is 3.75. The minimum Gasteiger partial charge on any atom is -0.272 e. The van der Waals surface area contributed by atoms with Gasteiger partial charge in [0.05, 0.1) is 5.92 Å². The molecule has 3 nitrogen and oxygen atoms in total. The highest BCUT2D eigenvalue weighted by Gasteiger charge is 2.26. The summed E-state index contributed by atoms with van der Waals surface area (Å²) in [6.45, 7) is 6.24. The van der Waals surface area contributed by atoms with E-state index in [4.69, 9.17) is 0 Å². The van der Waals surface area contributed by atoms with E-state index in [-0.39, 0.29) is 11.8 Å². The molecule has 0 aromatic carbocycles. The number of hydrogen-bond acceptors (Lipinski definition) is 2. The Bertz CT molecular complexity index is 209. The first-order valence-electron chi connectivity index (χ1n) is 4.45. The third-order valence-electron chi connectivity index (χ3n) is 2.20. The summed E-state index contributed by atoms with van der Waals surface area (Å²) in [6.07, 6.45) is 2.02. The number of hydrazone groups is 1. The predicted molar refractivity (Wildman–Crippen MR) is 48.8 cm³/mol. The van der Waals surface area contributed by atoms with E-state index in [1.165, 1.54) is 0 Å². The second-order valence-corrected chi connectivity index (χ2v) is 3.75. The summed E-state index contributed by atoms with van der Waals surface area (Å²) < 4.78 is 0. The number of amides is 1. The summed E-state index contributed by atoms with van der Waals surface area (Å²) >= 11 is 0. The Morgan fingerprint density at radius 2 is 2.25 bits per heavy atom. The molecule has 1 heterocycles. The molecule has 3 heteroatoms. The molecule has 0 radical (unpaired) electrons. The van der Waals surface area contributed by atoms with Gasteiger partial charge >= 0.3 is 0 Å². The molecule has 0 aromatic rings.